The number of fused-ring (bicyclic) bond motifs is 1. The van der Waals surface area contributed by atoms with Crippen LogP contribution in [0.3, 0.4) is 0 Å². The summed E-state index contributed by atoms with van der Waals surface area (Å²) in [6.07, 6.45) is 0.304. The van der Waals surface area contributed by atoms with Crippen LogP contribution in [0, 0.1) is 6.92 Å². The molecule has 1 atom stereocenters. The summed E-state index contributed by atoms with van der Waals surface area (Å²) >= 11 is 0. The van der Waals surface area contributed by atoms with Gasteiger partial charge in [-0.3, -0.25) is 0 Å². The summed E-state index contributed by atoms with van der Waals surface area (Å²) in [6.45, 7) is 14.5. The molecule has 0 aliphatic rings. The molecule has 1 heterocycles. The van der Waals surface area contributed by atoms with Crippen LogP contribution in [-0.4, -0.2) is 30.7 Å². The number of nitrogens with zero attached hydrogens (tertiary/aromatic N) is 1. The second-order valence-corrected chi connectivity index (χ2v) is 12.8. The fourth-order valence-corrected chi connectivity index (χ4v) is 3.57. The van der Waals surface area contributed by atoms with Gasteiger partial charge in [-0.25, -0.2) is 0 Å². The van der Waals surface area contributed by atoms with Gasteiger partial charge in [-0.05, 0) is 49.0 Å². The molecular weight excluding hydrogens is 302 g/mol. The molecule has 1 aromatic heterocycles. The second-order valence-electron chi connectivity index (χ2n) is 8.01. The Bertz CT molecular complexity index is 655. The maximum Gasteiger partial charge on any atom is 0.192 e. The van der Waals surface area contributed by atoms with E-state index in [1.807, 2.05) is 0 Å². The van der Waals surface area contributed by atoms with Crippen LogP contribution in [0.15, 0.2) is 30.3 Å². The molecule has 3 nitrogen and oxygen atoms in total. The molecule has 0 aliphatic carbocycles. The molecule has 2 aromatic rings. The summed E-state index contributed by atoms with van der Waals surface area (Å²) in [5, 5.41) is 11.8. The predicted molar refractivity (Wildman–Crippen MR) is 100 cm³/mol. The Morgan fingerprint density at radius 2 is 1.87 bits per heavy atom. The molecular formula is C19H31NO2Si. The molecule has 0 spiro atoms. The van der Waals surface area contributed by atoms with Crippen LogP contribution in [0.5, 0.6) is 0 Å². The van der Waals surface area contributed by atoms with E-state index in [2.05, 4.69) is 75.7 Å². The minimum atomic E-state index is -1.78. The van der Waals surface area contributed by atoms with Crippen molar-refractivity contribution >= 4 is 19.2 Å². The van der Waals surface area contributed by atoms with E-state index in [1.54, 1.807) is 0 Å². The lowest BCUT2D eigenvalue weighted by molar-refractivity contribution is 0.0893. The highest BCUT2D eigenvalue weighted by atomic mass is 28.4. The molecule has 4 heteroatoms. The molecule has 0 saturated heterocycles. The molecule has 0 saturated carbocycles. The second kappa shape index (κ2) is 6.79. The molecule has 1 unspecified atom stereocenters. The zero-order valence-electron chi connectivity index (χ0n) is 15.4. The normalized spacial score (nSPS) is 14.4. The average molecular weight is 334 g/mol. The number of para-hydroxylation sites is 1. The predicted octanol–water partition coefficient (Wildman–Crippen LogP) is 4.72. The third-order valence-corrected chi connectivity index (χ3v) is 9.65. The molecule has 0 fully saturated rings. The van der Waals surface area contributed by atoms with Crippen molar-refractivity contribution < 1.29 is 9.53 Å². The number of aliphatic hydroxyl groups excluding tert-OH is 1. The maximum absolute atomic E-state index is 10.3. The van der Waals surface area contributed by atoms with Gasteiger partial charge < -0.3 is 14.1 Å². The minimum Gasteiger partial charge on any atom is -0.414 e. The fourth-order valence-electron chi connectivity index (χ4n) is 2.53. The Balaban J connectivity index is 1.94. The van der Waals surface area contributed by atoms with E-state index in [1.165, 1.54) is 16.6 Å². The van der Waals surface area contributed by atoms with E-state index >= 15 is 0 Å². The Kier molecular flexibility index (Phi) is 5.39. The Morgan fingerprint density at radius 3 is 2.52 bits per heavy atom. The third-order valence-electron chi connectivity index (χ3n) is 5.15. The first-order valence-electron chi connectivity index (χ1n) is 8.49. The standard InChI is InChI=1S/C19H31NO2Si/c1-15-13-16-9-7-8-10-18(16)20(15)12-11-17(21)14-22-23(5,6)19(2,3)4/h7-10,13,17,21H,11-12,14H2,1-6H3. The van der Waals surface area contributed by atoms with Crippen molar-refractivity contribution in [3.63, 3.8) is 0 Å². The molecule has 0 amide bonds. The topological polar surface area (TPSA) is 34.4 Å². The number of rotatable bonds is 6. The van der Waals surface area contributed by atoms with Gasteiger partial charge in [-0.2, -0.15) is 0 Å². The van der Waals surface area contributed by atoms with Gasteiger partial charge in [0.25, 0.3) is 0 Å². The molecule has 0 radical (unpaired) electrons. The first-order valence-corrected chi connectivity index (χ1v) is 11.4. The van der Waals surface area contributed by atoms with Crippen LogP contribution >= 0.6 is 0 Å². The highest BCUT2D eigenvalue weighted by Gasteiger charge is 2.37. The Morgan fingerprint density at radius 1 is 1.22 bits per heavy atom. The minimum absolute atomic E-state index is 0.180. The van der Waals surface area contributed by atoms with Crippen molar-refractivity contribution in [2.24, 2.45) is 0 Å². The van der Waals surface area contributed by atoms with Gasteiger partial charge in [0.05, 0.1) is 12.7 Å². The van der Waals surface area contributed by atoms with Gasteiger partial charge in [0, 0.05) is 17.8 Å². The molecule has 1 N–H and O–H groups in total. The number of aliphatic hydroxyl groups is 1. The van der Waals surface area contributed by atoms with Crippen LogP contribution in [0.2, 0.25) is 18.1 Å². The summed E-state index contributed by atoms with van der Waals surface area (Å²) < 4.78 is 8.41. The monoisotopic (exact) mass is 333 g/mol. The molecule has 2 rings (SSSR count). The van der Waals surface area contributed by atoms with E-state index in [0.717, 1.165) is 6.54 Å². The summed E-state index contributed by atoms with van der Waals surface area (Å²) in [6, 6.07) is 10.6. The summed E-state index contributed by atoms with van der Waals surface area (Å²) in [4.78, 5) is 0. The highest BCUT2D eigenvalue weighted by Crippen LogP contribution is 2.36. The smallest absolute Gasteiger partial charge is 0.192 e. The number of aromatic nitrogens is 1. The molecule has 23 heavy (non-hydrogen) atoms. The first kappa shape index (κ1) is 18.2. The third kappa shape index (κ3) is 4.25. The largest absolute Gasteiger partial charge is 0.414 e. The van der Waals surface area contributed by atoms with Crippen molar-refractivity contribution in [3.05, 3.63) is 36.0 Å². The van der Waals surface area contributed by atoms with Gasteiger partial charge >= 0.3 is 0 Å². The van der Waals surface area contributed by atoms with Gasteiger partial charge in [-0.1, -0.05) is 39.0 Å². The van der Waals surface area contributed by atoms with Crippen molar-refractivity contribution in [1.29, 1.82) is 0 Å². The number of benzene rings is 1. The van der Waals surface area contributed by atoms with E-state index in [9.17, 15) is 5.11 Å². The fraction of sp³-hybridized carbons (Fsp3) is 0.579. The van der Waals surface area contributed by atoms with Gasteiger partial charge in [0.1, 0.15) is 0 Å². The van der Waals surface area contributed by atoms with Gasteiger partial charge in [-0.15, -0.1) is 0 Å². The SMILES string of the molecule is Cc1cc2ccccc2n1CCC(O)CO[Si](C)(C)C(C)(C)C. The summed E-state index contributed by atoms with van der Waals surface area (Å²) in [5.41, 5.74) is 2.48. The quantitative estimate of drug-likeness (QED) is 0.776. The van der Waals surface area contributed by atoms with Gasteiger partial charge in [0.15, 0.2) is 8.32 Å². The van der Waals surface area contributed by atoms with E-state index in [0.29, 0.717) is 13.0 Å². The summed E-state index contributed by atoms with van der Waals surface area (Å²) in [7, 11) is -1.78. The zero-order valence-corrected chi connectivity index (χ0v) is 16.4. The Hall–Kier alpha value is -1.10. The van der Waals surface area contributed by atoms with Gasteiger partial charge in [0.2, 0.25) is 0 Å². The molecule has 0 aliphatic heterocycles. The molecule has 1 aromatic carbocycles. The van der Waals surface area contributed by atoms with Crippen LogP contribution in [0.25, 0.3) is 10.9 Å². The summed E-state index contributed by atoms with van der Waals surface area (Å²) in [5.74, 6) is 0. The van der Waals surface area contributed by atoms with E-state index < -0.39 is 14.4 Å². The van der Waals surface area contributed by atoms with Crippen LogP contribution in [-0.2, 0) is 11.0 Å². The van der Waals surface area contributed by atoms with Crippen molar-refractivity contribution in [1.82, 2.24) is 4.57 Å². The van der Waals surface area contributed by atoms with Crippen molar-refractivity contribution in [2.75, 3.05) is 6.61 Å². The number of aryl methyl sites for hydroxylation is 2. The highest BCUT2D eigenvalue weighted by molar-refractivity contribution is 6.74. The van der Waals surface area contributed by atoms with Crippen LogP contribution in [0.1, 0.15) is 32.9 Å². The Labute approximate surface area is 141 Å². The maximum atomic E-state index is 10.3. The van der Waals surface area contributed by atoms with Crippen molar-refractivity contribution in [2.45, 2.75) is 64.9 Å². The number of hydrogen-bond donors (Lipinski definition) is 1. The lowest BCUT2D eigenvalue weighted by Crippen LogP contribution is -2.42. The zero-order chi connectivity index (χ0) is 17.3. The molecule has 0 bridgehead atoms. The first-order chi connectivity index (χ1) is 10.6. The van der Waals surface area contributed by atoms with Crippen LogP contribution < -0.4 is 0 Å². The van der Waals surface area contributed by atoms with Crippen molar-refractivity contribution in [3.8, 4) is 0 Å². The van der Waals surface area contributed by atoms with E-state index in [-0.39, 0.29) is 5.04 Å². The lowest BCUT2D eigenvalue weighted by Gasteiger charge is -2.36. The molecule has 128 valence electrons. The van der Waals surface area contributed by atoms with E-state index in [4.69, 9.17) is 4.43 Å². The average Bonchev–Trinajstić information content (AvgIpc) is 2.77. The van der Waals surface area contributed by atoms with Crippen LogP contribution in [0.4, 0.5) is 0 Å². The lowest BCUT2D eigenvalue weighted by atomic mass is 10.2. The number of hydrogen-bond acceptors (Lipinski definition) is 2.